The SMILES string of the molecule is CCOc1cc([C@@H](c2c[nH]c3ccccc23)C2C(=O)OC(C)(C)OC2=O)ccc1OCc1ccc(Cl)c(Cl)c1. The fourth-order valence-electron chi connectivity index (χ4n) is 4.80. The number of benzene rings is 3. The third-order valence-corrected chi connectivity index (χ3v) is 7.23. The van der Waals surface area contributed by atoms with Crippen LogP contribution in [0, 0.1) is 5.92 Å². The van der Waals surface area contributed by atoms with Gasteiger partial charge in [0.25, 0.3) is 5.79 Å². The van der Waals surface area contributed by atoms with Crippen molar-refractivity contribution in [1.29, 1.82) is 0 Å². The number of hydrogen-bond acceptors (Lipinski definition) is 6. The number of esters is 2. The van der Waals surface area contributed by atoms with Gasteiger partial charge in [-0.2, -0.15) is 0 Å². The lowest BCUT2D eigenvalue weighted by Gasteiger charge is -2.36. The third-order valence-electron chi connectivity index (χ3n) is 6.50. The van der Waals surface area contributed by atoms with E-state index in [9.17, 15) is 9.59 Å². The predicted molar refractivity (Wildman–Crippen MR) is 148 cm³/mol. The van der Waals surface area contributed by atoms with Crippen LogP contribution in [0.5, 0.6) is 11.5 Å². The Morgan fingerprint density at radius 3 is 2.38 bits per heavy atom. The molecule has 1 saturated heterocycles. The summed E-state index contributed by atoms with van der Waals surface area (Å²) in [6.45, 7) is 5.55. The van der Waals surface area contributed by atoms with E-state index in [1.54, 1.807) is 24.3 Å². The van der Waals surface area contributed by atoms with Gasteiger partial charge in [0.1, 0.15) is 6.61 Å². The molecular formula is C30H27Cl2NO6. The Balaban J connectivity index is 1.55. The predicted octanol–water partition coefficient (Wildman–Crippen LogP) is 7.04. The Morgan fingerprint density at radius 2 is 1.67 bits per heavy atom. The molecule has 39 heavy (non-hydrogen) atoms. The van der Waals surface area contributed by atoms with E-state index in [1.807, 2.05) is 49.5 Å². The van der Waals surface area contributed by atoms with Gasteiger partial charge in [0.05, 0.1) is 16.7 Å². The largest absolute Gasteiger partial charge is 0.490 e. The van der Waals surface area contributed by atoms with Crippen molar-refractivity contribution < 1.29 is 28.5 Å². The lowest BCUT2D eigenvalue weighted by atomic mass is 9.80. The van der Waals surface area contributed by atoms with Gasteiger partial charge in [-0.15, -0.1) is 0 Å². The highest BCUT2D eigenvalue weighted by Crippen LogP contribution is 2.43. The normalized spacial score (nSPS) is 16.0. The van der Waals surface area contributed by atoms with E-state index in [0.717, 1.165) is 22.0 Å². The number of halogens is 2. The Morgan fingerprint density at radius 1 is 0.923 bits per heavy atom. The number of carbonyl (C=O) groups is 2. The van der Waals surface area contributed by atoms with E-state index in [-0.39, 0.29) is 6.61 Å². The van der Waals surface area contributed by atoms with Gasteiger partial charge in [-0.05, 0) is 53.9 Å². The monoisotopic (exact) mass is 567 g/mol. The zero-order valence-electron chi connectivity index (χ0n) is 21.6. The summed E-state index contributed by atoms with van der Waals surface area (Å²) < 4.78 is 23.0. The molecule has 0 aliphatic carbocycles. The minimum absolute atomic E-state index is 0.235. The Hall–Kier alpha value is -3.68. The third kappa shape index (κ3) is 5.56. The van der Waals surface area contributed by atoms with Gasteiger partial charge in [-0.25, -0.2) is 0 Å². The second kappa shape index (κ2) is 10.8. The van der Waals surface area contributed by atoms with Gasteiger partial charge in [0.15, 0.2) is 17.4 Å². The average Bonchev–Trinajstić information content (AvgIpc) is 3.31. The number of rotatable bonds is 8. The molecule has 9 heteroatoms. The van der Waals surface area contributed by atoms with Crippen LogP contribution in [0.15, 0.2) is 66.9 Å². The maximum Gasteiger partial charge on any atom is 0.324 e. The number of para-hydroxylation sites is 1. The van der Waals surface area contributed by atoms with Gasteiger partial charge >= 0.3 is 11.9 Å². The fraction of sp³-hybridized carbons (Fsp3) is 0.267. The number of aromatic nitrogens is 1. The van der Waals surface area contributed by atoms with Crippen LogP contribution < -0.4 is 9.47 Å². The highest BCUT2D eigenvalue weighted by atomic mass is 35.5. The average molecular weight is 568 g/mol. The molecule has 3 aromatic carbocycles. The number of ether oxygens (including phenoxy) is 4. The second-order valence-electron chi connectivity index (χ2n) is 9.66. The van der Waals surface area contributed by atoms with Crippen molar-refractivity contribution in [2.24, 2.45) is 5.92 Å². The van der Waals surface area contributed by atoms with Gasteiger partial charge in [0.2, 0.25) is 0 Å². The van der Waals surface area contributed by atoms with E-state index in [0.29, 0.717) is 33.7 Å². The first kappa shape index (κ1) is 26.9. The minimum Gasteiger partial charge on any atom is -0.490 e. The smallest absolute Gasteiger partial charge is 0.324 e. The molecule has 1 aromatic heterocycles. The first-order chi connectivity index (χ1) is 18.7. The quantitative estimate of drug-likeness (QED) is 0.181. The maximum absolute atomic E-state index is 13.2. The number of hydrogen-bond donors (Lipinski definition) is 1. The molecule has 1 fully saturated rings. The molecule has 4 aromatic rings. The summed E-state index contributed by atoms with van der Waals surface area (Å²) in [5, 5.41) is 1.78. The number of fused-ring (bicyclic) bond motifs is 1. The summed E-state index contributed by atoms with van der Waals surface area (Å²) in [4.78, 5) is 29.7. The van der Waals surface area contributed by atoms with Crippen molar-refractivity contribution in [2.75, 3.05) is 6.61 Å². The van der Waals surface area contributed by atoms with Crippen LogP contribution in [0.2, 0.25) is 10.0 Å². The van der Waals surface area contributed by atoms with Crippen molar-refractivity contribution in [3.8, 4) is 11.5 Å². The standard InChI is InChI=1S/C30H27Cl2NO6/c1-4-36-25-14-18(10-12-24(25)37-16-17-9-11-21(31)22(32)13-17)26(20-15-33-23-8-6-5-7-19(20)23)27-28(34)38-30(2,3)39-29(27)35/h5-15,26-27,33H,4,16H2,1-3H3/t26-/m0/s1. The summed E-state index contributed by atoms with van der Waals surface area (Å²) in [5.74, 6) is -3.59. The summed E-state index contributed by atoms with van der Waals surface area (Å²) in [6.07, 6.45) is 1.81. The molecule has 1 aliphatic rings. The molecule has 1 aliphatic heterocycles. The molecule has 0 bridgehead atoms. The van der Waals surface area contributed by atoms with Crippen LogP contribution in [0.3, 0.4) is 0 Å². The van der Waals surface area contributed by atoms with E-state index in [2.05, 4.69) is 4.98 Å². The molecule has 0 amide bonds. The molecule has 2 heterocycles. The minimum atomic E-state index is -1.34. The summed E-state index contributed by atoms with van der Waals surface area (Å²) >= 11 is 12.2. The van der Waals surface area contributed by atoms with Gasteiger partial charge in [-0.1, -0.05) is 53.5 Å². The number of cyclic esters (lactones) is 2. The Bertz CT molecular complexity index is 1530. The molecule has 0 saturated carbocycles. The molecule has 0 unspecified atom stereocenters. The topological polar surface area (TPSA) is 86.9 Å². The van der Waals surface area contributed by atoms with Crippen LogP contribution in [-0.4, -0.2) is 29.3 Å². The fourth-order valence-corrected chi connectivity index (χ4v) is 5.12. The zero-order chi connectivity index (χ0) is 27.7. The summed E-state index contributed by atoms with van der Waals surface area (Å²) in [6, 6.07) is 18.4. The highest BCUT2D eigenvalue weighted by molar-refractivity contribution is 6.42. The lowest BCUT2D eigenvalue weighted by molar-refractivity contribution is -0.240. The maximum atomic E-state index is 13.2. The van der Waals surface area contributed by atoms with Gasteiger partial charge in [0, 0.05) is 36.9 Å². The summed E-state index contributed by atoms with van der Waals surface area (Å²) in [5.41, 5.74) is 3.14. The molecule has 7 nitrogen and oxygen atoms in total. The zero-order valence-corrected chi connectivity index (χ0v) is 23.1. The molecule has 1 N–H and O–H groups in total. The van der Waals surface area contributed by atoms with E-state index < -0.39 is 29.6 Å². The molecule has 5 rings (SSSR count). The first-order valence-electron chi connectivity index (χ1n) is 12.5. The van der Waals surface area contributed by atoms with Crippen LogP contribution in [0.4, 0.5) is 0 Å². The number of aromatic amines is 1. The number of carbonyl (C=O) groups excluding carboxylic acids is 2. The van der Waals surface area contributed by atoms with Crippen molar-refractivity contribution in [2.45, 2.75) is 39.1 Å². The van der Waals surface area contributed by atoms with Crippen LogP contribution in [0.25, 0.3) is 10.9 Å². The van der Waals surface area contributed by atoms with Gasteiger partial charge < -0.3 is 23.9 Å². The molecule has 0 spiro atoms. The number of nitrogens with one attached hydrogen (secondary N) is 1. The van der Waals surface area contributed by atoms with Crippen LogP contribution in [0.1, 0.15) is 43.4 Å². The van der Waals surface area contributed by atoms with Crippen molar-refractivity contribution in [3.05, 3.63) is 93.6 Å². The van der Waals surface area contributed by atoms with Crippen molar-refractivity contribution in [3.63, 3.8) is 0 Å². The molecular weight excluding hydrogens is 541 g/mol. The van der Waals surface area contributed by atoms with Gasteiger partial charge in [-0.3, -0.25) is 9.59 Å². The lowest BCUT2D eigenvalue weighted by Crippen LogP contribution is -2.48. The molecule has 0 radical (unpaired) electrons. The molecule has 1 atom stereocenters. The Kier molecular flexibility index (Phi) is 7.47. The van der Waals surface area contributed by atoms with E-state index >= 15 is 0 Å². The van der Waals surface area contributed by atoms with Crippen molar-refractivity contribution in [1.82, 2.24) is 4.98 Å². The second-order valence-corrected chi connectivity index (χ2v) is 10.5. The first-order valence-corrected chi connectivity index (χ1v) is 13.3. The summed E-state index contributed by atoms with van der Waals surface area (Å²) in [7, 11) is 0. The molecule has 202 valence electrons. The van der Waals surface area contributed by atoms with Crippen molar-refractivity contribution >= 4 is 46.0 Å². The number of H-pyrrole nitrogens is 1. The van der Waals surface area contributed by atoms with E-state index in [1.165, 1.54) is 13.8 Å². The van der Waals surface area contributed by atoms with E-state index in [4.69, 9.17) is 42.1 Å². The van der Waals surface area contributed by atoms with Crippen LogP contribution >= 0.6 is 23.2 Å². The Labute approximate surface area is 235 Å². The van der Waals surface area contributed by atoms with Crippen LogP contribution in [-0.2, 0) is 25.7 Å². The highest BCUT2D eigenvalue weighted by Gasteiger charge is 2.48.